The van der Waals surface area contributed by atoms with Crippen molar-refractivity contribution in [2.75, 3.05) is 6.54 Å². The number of thiophene rings is 1. The molecule has 0 aliphatic rings. The molecule has 1 aromatic heterocycles. The molecule has 0 bridgehead atoms. The Balaban J connectivity index is 2.44. The van der Waals surface area contributed by atoms with Crippen molar-refractivity contribution in [1.82, 2.24) is 5.32 Å². The summed E-state index contributed by atoms with van der Waals surface area (Å²) < 4.78 is 13.7. The van der Waals surface area contributed by atoms with E-state index in [2.05, 4.69) is 11.9 Å². The van der Waals surface area contributed by atoms with Gasteiger partial charge in [0.15, 0.2) is 0 Å². The second kappa shape index (κ2) is 4.85. The van der Waals surface area contributed by atoms with Gasteiger partial charge in [0, 0.05) is 16.6 Å². The number of fused-ring (bicyclic) bond motifs is 1. The topological polar surface area (TPSA) is 29.1 Å². The second-order valence-corrected chi connectivity index (χ2v) is 4.81. The predicted molar refractivity (Wildman–Crippen MR) is 69.3 cm³/mol. The summed E-state index contributed by atoms with van der Waals surface area (Å²) in [5.74, 6) is -0.607. The minimum atomic E-state index is -0.339. The highest BCUT2D eigenvalue weighted by Gasteiger charge is 2.16. The van der Waals surface area contributed by atoms with Crippen molar-refractivity contribution in [3.05, 3.63) is 46.6 Å². The van der Waals surface area contributed by atoms with E-state index in [1.165, 1.54) is 23.5 Å². The van der Waals surface area contributed by atoms with Crippen LogP contribution in [0.2, 0.25) is 5.02 Å². The third-order valence-corrected chi connectivity index (χ3v) is 3.86. The van der Waals surface area contributed by atoms with Crippen molar-refractivity contribution in [1.29, 1.82) is 0 Å². The largest absolute Gasteiger partial charge is 0.348 e. The number of carbonyl (C=O) groups is 1. The van der Waals surface area contributed by atoms with Gasteiger partial charge in [-0.25, -0.2) is 4.39 Å². The Bertz CT molecular complexity index is 593. The number of rotatable bonds is 3. The first kappa shape index (κ1) is 12.1. The van der Waals surface area contributed by atoms with Gasteiger partial charge in [-0.15, -0.1) is 17.9 Å². The van der Waals surface area contributed by atoms with Gasteiger partial charge in [0.05, 0.1) is 5.02 Å². The first-order valence-electron chi connectivity index (χ1n) is 4.90. The van der Waals surface area contributed by atoms with Crippen LogP contribution in [0.3, 0.4) is 0 Å². The van der Waals surface area contributed by atoms with Crippen LogP contribution in [0.1, 0.15) is 9.67 Å². The molecule has 1 N–H and O–H groups in total. The normalized spacial score (nSPS) is 10.5. The lowest BCUT2D eigenvalue weighted by atomic mass is 10.2. The number of halogens is 2. The zero-order valence-corrected chi connectivity index (χ0v) is 10.4. The van der Waals surface area contributed by atoms with Crippen molar-refractivity contribution >= 4 is 38.9 Å². The van der Waals surface area contributed by atoms with Crippen molar-refractivity contribution in [3.8, 4) is 0 Å². The fourth-order valence-corrected chi connectivity index (χ4v) is 2.89. The highest BCUT2D eigenvalue weighted by atomic mass is 35.5. The van der Waals surface area contributed by atoms with Crippen LogP contribution in [0.5, 0.6) is 0 Å². The van der Waals surface area contributed by atoms with E-state index in [1.807, 2.05) is 0 Å². The molecule has 1 heterocycles. The van der Waals surface area contributed by atoms with Gasteiger partial charge >= 0.3 is 0 Å². The summed E-state index contributed by atoms with van der Waals surface area (Å²) in [5.41, 5.74) is 0. The van der Waals surface area contributed by atoms with Crippen LogP contribution in [0.15, 0.2) is 30.9 Å². The fraction of sp³-hybridized carbons (Fsp3) is 0.0833. The lowest BCUT2D eigenvalue weighted by molar-refractivity contribution is 0.0962. The maximum atomic E-state index is 13.0. The molecule has 0 radical (unpaired) electrons. The SMILES string of the molecule is C=CCNC(=O)c1sc2cc(F)ccc2c1Cl. The lowest BCUT2D eigenvalue weighted by Gasteiger charge is -1.98. The second-order valence-electron chi connectivity index (χ2n) is 3.38. The van der Waals surface area contributed by atoms with Gasteiger partial charge in [-0.3, -0.25) is 4.79 Å². The van der Waals surface area contributed by atoms with Crippen LogP contribution in [-0.2, 0) is 0 Å². The van der Waals surface area contributed by atoms with Gasteiger partial charge in [-0.05, 0) is 18.2 Å². The summed E-state index contributed by atoms with van der Waals surface area (Å²) in [7, 11) is 0. The average molecular weight is 270 g/mol. The Morgan fingerprint density at radius 1 is 1.59 bits per heavy atom. The Morgan fingerprint density at radius 2 is 2.35 bits per heavy atom. The van der Waals surface area contributed by atoms with Gasteiger partial charge in [-0.2, -0.15) is 0 Å². The molecule has 2 rings (SSSR count). The molecule has 0 aliphatic carbocycles. The summed E-state index contributed by atoms with van der Waals surface area (Å²) in [6.45, 7) is 3.88. The van der Waals surface area contributed by atoms with E-state index in [0.29, 0.717) is 26.5 Å². The summed E-state index contributed by atoms with van der Waals surface area (Å²) in [6, 6.07) is 4.27. The molecule has 0 atom stereocenters. The minimum Gasteiger partial charge on any atom is -0.348 e. The molecular formula is C12H9ClFNOS. The van der Waals surface area contributed by atoms with Gasteiger partial charge in [-0.1, -0.05) is 17.7 Å². The maximum Gasteiger partial charge on any atom is 0.263 e. The standard InChI is InChI=1S/C12H9ClFNOS/c1-2-5-15-12(16)11-10(13)8-4-3-7(14)6-9(8)17-11/h2-4,6H,1,5H2,(H,15,16). The van der Waals surface area contributed by atoms with Crippen LogP contribution >= 0.6 is 22.9 Å². The van der Waals surface area contributed by atoms with Crippen LogP contribution in [-0.4, -0.2) is 12.5 Å². The molecule has 0 aliphatic heterocycles. The molecule has 2 nitrogen and oxygen atoms in total. The van der Waals surface area contributed by atoms with E-state index >= 15 is 0 Å². The summed E-state index contributed by atoms with van der Waals surface area (Å²) in [6.07, 6.45) is 1.58. The van der Waals surface area contributed by atoms with E-state index in [0.717, 1.165) is 0 Å². The van der Waals surface area contributed by atoms with Crippen molar-refractivity contribution in [2.45, 2.75) is 0 Å². The third-order valence-electron chi connectivity index (χ3n) is 2.20. The predicted octanol–water partition coefficient (Wildman–Crippen LogP) is 3.61. The number of nitrogens with one attached hydrogen (secondary N) is 1. The zero-order chi connectivity index (χ0) is 12.4. The lowest BCUT2D eigenvalue weighted by Crippen LogP contribution is -2.22. The molecule has 1 amide bonds. The number of benzene rings is 1. The van der Waals surface area contributed by atoms with E-state index in [1.54, 1.807) is 12.1 Å². The summed E-state index contributed by atoms with van der Waals surface area (Å²) in [5, 5.41) is 3.70. The quantitative estimate of drug-likeness (QED) is 0.848. The van der Waals surface area contributed by atoms with Crippen molar-refractivity contribution in [2.24, 2.45) is 0 Å². The molecule has 0 saturated carbocycles. The molecule has 0 saturated heterocycles. The van der Waals surface area contributed by atoms with Gasteiger partial charge in [0.1, 0.15) is 10.7 Å². The smallest absolute Gasteiger partial charge is 0.263 e. The number of carbonyl (C=O) groups excluding carboxylic acids is 1. The Kier molecular flexibility index (Phi) is 3.45. The van der Waals surface area contributed by atoms with Gasteiger partial charge in [0.25, 0.3) is 5.91 Å². The molecule has 1 aromatic carbocycles. The van der Waals surface area contributed by atoms with Gasteiger partial charge < -0.3 is 5.32 Å². The van der Waals surface area contributed by atoms with Crippen LogP contribution < -0.4 is 5.32 Å². The van der Waals surface area contributed by atoms with Crippen molar-refractivity contribution < 1.29 is 9.18 Å². The first-order valence-corrected chi connectivity index (χ1v) is 6.09. The molecule has 88 valence electrons. The Hall–Kier alpha value is -1.39. The number of hydrogen-bond acceptors (Lipinski definition) is 2. The van der Waals surface area contributed by atoms with E-state index in [9.17, 15) is 9.18 Å². The highest BCUT2D eigenvalue weighted by molar-refractivity contribution is 7.21. The van der Waals surface area contributed by atoms with E-state index in [-0.39, 0.29) is 11.7 Å². The monoisotopic (exact) mass is 269 g/mol. The molecule has 17 heavy (non-hydrogen) atoms. The molecule has 0 unspecified atom stereocenters. The van der Waals surface area contributed by atoms with E-state index < -0.39 is 0 Å². The molecule has 2 aromatic rings. The number of amides is 1. The van der Waals surface area contributed by atoms with Gasteiger partial charge in [0.2, 0.25) is 0 Å². The molecule has 5 heteroatoms. The summed E-state index contributed by atoms with van der Waals surface area (Å²) >= 11 is 7.26. The van der Waals surface area contributed by atoms with Crippen LogP contribution in [0, 0.1) is 5.82 Å². The fourth-order valence-electron chi connectivity index (χ4n) is 1.43. The van der Waals surface area contributed by atoms with E-state index in [4.69, 9.17) is 11.6 Å². The highest BCUT2D eigenvalue weighted by Crippen LogP contribution is 2.35. The van der Waals surface area contributed by atoms with Crippen LogP contribution in [0.25, 0.3) is 10.1 Å². The molecule has 0 fully saturated rings. The maximum absolute atomic E-state index is 13.0. The Morgan fingerprint density at radius 3 is 3.06 bits per heavy atom. The third kappa shape index (κ3) is 2.33. The van der Waals surface area contributed by atoms with Crippen molar-refractivity contribution in [3.63, 3.8) is 0 Å². The first-order chi connectivity index (χ1) is 8.13. The minimum absolute atomic E-state index is 0.267. The number of hydrogen-bond donors (Lipinski definition) is 1. The summed E-state index contributed by atoms with van der Waals surface area (Å²) in [4.78, 5) is 12.1. The van der Waals surface area contributed by atoms with Crippen LogP contribution in [0.4, 0.5) is 4.39 Å². The average Bonchev–Trinajstić information content (AvgIpc) is 2.63. The zero-order valence-electron chi connectivity index (χ0n) is 8.80. The Labute approximate surface area is 107 Å². The molecule has 0 spiro atoms. The molecular weight excluding hydrogens is 261 g/mol.